The molecule has 0 aromatic heterocycles. The van der Waals surface area contributed by atoms with Crippen molar-refractivity contribution in [2.75, 3.05) is 26.2 Å². The lowest BCUT2D eigenvalue weighted by Gasteiger charge is -2.36. The number of amides is 3. The Kier molecular flexibility index (Phi) is 7.50. The van der Waals surface area contributed by atoms with Gasteiger partial charge in [-0.3, -0.25) is 14.4 Å². The second kappa shape index (κ2) is 9.42. The lowest BCUT2D eigenvalue weighted by atomic mass is 10.0. The molecule has 0 bridgehead atoms. The third-order valence-corrected chi connectivity index (χ3v) is 5.07. The van der Waals surface area contributed by atoms with Crippen molar-refractivity contribution >= 4 is 40.9 Å². The number of rotatable bonds is 5. The number of benzene rings is 1. The van der Waals surface area contributed by atoms with Crippen LogP contribution in [0.15, 0.2) is 18.2 Å². The van der Waals surface area contributed by atoms with Gasteiger partial charge in [0.25, 0.3) is 5.91 Å². The predicted octanol–water partition coefficient (Wildman–Crippen LogP) is 2.83. The highest BCUT2D eigenvalue weighted by Gasteiger charge is 2.30. The first-order chi connectivity index (χ1) is 12.7. The molecule has 0 saturated carbocycles. The fraction of sp³-hybridized carbons (Fsp3) is 0.526. The van der Waals surface area contributed by atoms with E-state index in [1.54, 1.807) is 21.9 Å². The van der Waals surface area contributed by atoms with Gasteiger partial charge in [-0.05, 0) is 30.5 Å². The monoisotopic (exact) mass is 413 g/mol. The predicted molar refractivity (Wildman–Crippen MR) is 106 cm³/mol. The van der Waals surface area contributed by atoms with Crippen molar-refractivity contribution in [3.05, 3.63) is 33.8 Å². The van der Waals surface area contributed by atoms with E-state index in [9.17, 15) is 14.4 Å². The normalized spacial score (nSPS) is 15.6. The highest BCUT2D eigenvalue weighted by Crippen LogP contribution is 2.21. The number of carbonyl (C=O) groups excluding carboxylic acids is 3. The summed E-state index contributed by atoms with van der Waals surface area (Å²) in [6, 6.07) is 3.98. The van der Waals surface area contributed by atoms with Crippen LogP contribution in [-0.2, 0) is 9.59 Å². The summed E-state index contributed by atoms with van der Waals surface area (Å²) in [5.41, 5.74) is 0.282. The van der Waals surface area contributed by atoms with Crippen molar-refractivity contribution in [2.24, 2.45) is 5.92 Å². The molecule has 1 saturated heterocycles. The number of hydrogen-bond donors (Lipinski definition) is 1. The second-order valence-corrected chi connectivity index (χ2v) is 7.95. The third-order valence-electron chi connectivity index (χ3n) is 4.52. The average molecular weight is 414 g/mol. The molecule has 0 aliphatic carbocycles. The summed E-state index contributed by atoms with van der Waals surface area (Å²) in [4.78, 5) is 40.5. The zero-order chi connectivity index (χ0) is 20.1. The topological polar surface area (TPSA) is 69.7 Å². The van der Waals surface area contributed by atoms with Gasteiger partial charge >= 0.3 is 0 Å². The number of nitrogens with one attached hydrogen (secondary N) is 1. The van der Waals surface area contributed by atoms with Crippen LogP contribution in [0, 0.1) is 5.92 Å². The van der Waals surface area contributed by atoms with Crippen LogP contribution in [0.2, 0.25) is 10.0 Å². The van der Waals surface area contributed by atoms with E-state index in [2.05, 4.69) is 5.32 Å². The molecule has 1 fully saturated rings. The summed E-state index contributed by atoms with van der Waals surface area (Å²) in [5.74, 6) is -0.312. The van der Waals surface area contributed by atoms with Gasteiger partial charge in [0.1, 0.15) is 6.04 Å². The van der Waals surface area contributed by atoms with E-state index in [0.717, 1.165) is 0 Å². The van der Waals surface area contributed by atoms with E-state index in [0.29, 0.717) is 37.6 Å². The molecule has 0 radical (unpaired) electrons. The van der Waals surface area contributed by atoms with Crippen LogP contribution >= 0.6 is 23.2 Å². The first-order valence-corrected chi connectivity index (χ1v) is 9.74. The van der Waals surface area contributed by atoms with Crippen LogP contribution in [0.1, 0.15) is 37.6 Å². The van der Waals surface area contributed by atoms with Crippen LogP contribution in [0.25, 0.3) is 0 Å². The van der Waals surface area contributed by atoms with Crippen molar-refractivity contribution < 1.29 is 14.4 Å². The molecule has 1 unspecified atom stereocenters. The Balaban J connectivity index is 2.09. The van der Waals surface area contributed by atoms with Crippen LogP contribution in [-0.4, -0.2) is 59.7 Å². The van der Waals surface area contributed by atoms with Crippen molar-refractivity contribution in [2.45, 2.75) is 33.2 Å². The molecule has 1 aliphatic heterocycles. The molecule has 1 heterocycles. The summed E-state index contributed by atoms with van der Waals surface area (Å²) in [5, 5.41) is 3.50. The van der Waals surface area contributed by atoms with Gasteiger partial charge in [0.15, 0.2) is 0 Å². The Labute approximate surface area is 169 Å². The number of carbonyl (C=O) groups is 3. The molecule has 27 heavy (non-hydrogen) atoms. The highest BCUT2D eigenvalue weighted by atomic mass is 35.5. The maximum atomic E-state index is 13.0. The Morgan fingerprint density at radius 1 is 1.07 bits per heavy atom. The molecule has 1 N–H and O–H groups in total. The van der Waals surface area contributed by atoms with E-state index in [-0.39, 0.29) is 28.3 Å². The molecule has 6 nitrogen and oxygen atoms in total. The Hall–Kier alpha value is -1.79. The average Bonchev–Trinajstić information content (AvgIpc) is 2.60. The zero-order valence-electron chi connectivity index (χ0n) is 15.8. The first kappa shape index (κ1) is 21.5. The SMILES string of the molecule is CC(=O)N1CCN(C(=O)C(CC(C)C)NC(=O)c2ccc(Cl)cc2Cl)CC1. The van der Waals surface area contributed by atoms with Crippen LogP contribution in [0.4, 0.5) is 0 Å². The largest absolute Gasteiger partial charge is 0.340 e. The van der Waals surface area contributed by atoms with Gasteiger partial charge < -0.3 is 15.1 Å². The van der Waals surface area contributed by atoms with Gasteiger partial charge in [-0.25, -0.2) is 0 Å². The van der Waals surface area contributed by atoms with Gasteiger partial charge in [0.2, 0.25) is 11.8 Å². The molecule has 8 heteroatoms. The minimum absolute atomic E-state index is 0.00603. The van der Waals surface area contributed by atoms with Gasteiger partial charge in [-0.15, -0.1) is 0 Å². The molecule has 3 amide bonds. The van der Waals surface area contributed by atoms with Gasteiger partial charge in [-0.1, -0.05) is 37.0 Å². The highest BCUT2D eigenvalue weighted by molar-refractivity contribution is 6.36. The zero-order valence-corrected chi connectivity index (χ0v) is 17.3. The molecule has 1 aromatic rings. The second-order valence-electron chi connectivity index (χ2n) is 7.11. The van der Waals surface area contributed by atoms with Crippen molar-refractivity contribution in [3.63, 3.8) is 0 Å². The summed E-state index contributed by atoms with van der Waals surface area (Å²) in [6.45, 7) is 7.45. The van der Waals surface area contributed by atoms with Crippen molar-refractivity contribution in [1.82, 2.24) is 15.1 Å². The third kappa shape index (κ3) is 5.84. The van der Waals surface area contributed by atoms with Crippen molar-refractivity contribution in [3.8, 4) is 0 Å². The number of nitrogens with zero attached hydrogens (tertiary/aromatic N) is 2. The molecule has 1 aliphatic rings. The number of piperazine rings is 1. The van der Waals surface area contributed by atoms with Crippen molar-refractivity contribution in [1.29, 1.82) is 0 Å². The minimum Gasteiger partial charge on any atom is -0.340 e. The molecule has 148 valence electrons. The van der Waals surface area contributed by atoms with Gasteiger partial charge in [0.05, 0.1) is 10.6 Å². The lowest BCUT2D eigenvalue weighted by Crippen LogP contribution is -2.55. The van der Waals surface area contributed by atoms with E-state index in [1.807, 2.05) is 13.8 Å². The smallest absolute Gasteiger partial charge is 0.253 e. The van der Waals surface area contributed by atoms with E-state index < -0.39 is 11.9 Å². The summed E-state index contributed by atoms with van der Waals surface area (Å²) in [7, 11) is 0. The Morgan fingerprint density at radius 2 is 1.67 bits per heavy atom. The summed E-state index contributed by atoms with van der Waals surface area (Å²) >= 11 is 12.0. The number of halogens is 2. The standard InChI is InChI=1S/C19H25Cl2N3O3/c1-12(2)10-17(19(27)24-8-6-23(7-9-24)13(3)25)22-18(26)15-5-4-14(20)11-16(15)21/h4-5,11-12,17H,6-10H2,1-3H3,(H,22,26). The molecule has 1 aromatic carbocycles. The van der Waals surface area contributed by atoms with E-state index >= 15 is 0 Å². The van der Waals surface area contributed by atoms with E-state index in [4.69, 9.17) is 23.2 Å². The minimum atomic E-state index is -0.645. The maximum Gasteiger partial charge on any atom is 0.253 e. The molecular formula is C19H25Cl2N3O3. The molecular weight excluding hydrogens is 389 g/mol. The summed E-state index contributed by atoms with van der Waals surface area (Å²) < 4.78 is 0. The molecule has 2 rings (SSSR count). The van der Waals surface area contributed by atoms with E-state index in [1.165, 1.54) is 13.0 Å². The fourth-order valence-electron chi connectivity index (χ4n) is 3.06. The molecule has 0 spiro atoms. The van der Waals surface area contributed by atoms with Crippen LogP contribution in [0.5, 0.6) is 0 Å². The summed E-state index contributed by atoms with van der Waals surface area (Å²) in [6.07, 6.45) is 0.517. The maximum absolute atomic E-state index is 13.0. The Bertz CT molecular complexity index is 716. The quantitative estimate of drug-likeness (QED) is 0.806. The first-order valence-electron chi connectivity index (χ1n) is 8.99. The molecule has 1 atom stereocenters. The van der Waals surface area contributed by atoms with Gasteiger partial charge in [-0.2, -0.15) is 0 Å². The fourth-order valence-corrected chi connectivity index (χ4v) is 3.56. The van der Waals surface area contributed by atoms with Crippen LogP contribution < -0.4 is 5.32 Å². The van der Waals surface area contributed by atoms with Crippen LogP contribution in [0.3, 0.4) is 0 Å². The van der Waals surface area contributed by atoms with Gasteiger partial charge in [0, 0.05) is 38.1 Å². The number of hydrogen-bond acceptors (Lipinski definition) is 3. The Morgan fingerprint density at radius 3 is 2.19 bits per heavy atom. The lowest BCUT2D eigenvalue weighted by molar-refractivity contribution is -0.140.